The zero-order valence-electron chi connectivity index (χ0n) is 18.5. The van der Waals surface area contributed by atoms with Gasteiger partial charge < -0.3 is 4.90 Å². The molecule has 31 heavy (non-hydrogen) atoms. The summed E-state index contributed by atoms with van der Waals surface area (Å²) in [5.41, 5.74) is 2.48. The molecule has 5 rings (SSSR count). The van der Waals surface area contributed by atoms with E-state index in [-0.39, 0.29) is 5.91 Å². The third kappa shape index (κ3) is 4.29. The Kier molecular flexibility index (Phi) is 6.10. The monoisotopic (exact) mass is 445 g/mol. The summed E-state index contributed by atoms with van der Waals surface area (Å²) >= 11 is 0. The van der Waals surface area contributed by atoms with Gasteiger partial charge in [-0.1, -0.05) is 18.9 Å². The van der Waals surface area contributed by atoms with E-state index in [0.717, 1.165) is 38.6 Å². The number of likely N-dealkylation sites (tertiary alicyclic amines) is 1. The van der Waals surface area contributed by atoms with Crippen molar-refractivity contribution in [2.75, 3.05) is 39.3 Å². The number of hydrogen-bond donors (Lipinski definition) is 0. The fourth-order valence-electron chi connectivity index (χ4n) is 6.20. The molecule has 0 N–H and O–H groups in total. The maximum Gasteiger partial charge on any atom is 0.243 e. The molecule has 1 aromatic carbocycles. The molecule has 170 valence electrons. The van der Waals surface area contributed by atoms with Crippen LogP contribution < -0.4 is 0 Å². The Balaban J connectivity index is 1.18. The zero-order valence-corrected chi connectivity index (χ0v) is 19.3. The van der Waals surface area contributed by atoms with Crippen LogP contribution in [0.5, 0.6) is 0 Å². The number of nitrogens with zero attached hydrogens (tertiary/aromatic N) is 3. The Morgan fingerprint density at radius 3 is 2.45 bits per heavy atom. The fourth-order valence-corrected chi connectivity index (χ4v) is 7.68. The minimum atomic E-state index is -3.46. The van der Waals surface area contributed by atoms with Crippen molar-refractivity contribution in [2.45, 2.75) is 68.7 Å². The van der Waals surface area contributed by atoms with Crippen molar-refractivity contribution in [1.82, 2.24) is 14.1 Å². The van der Waals surface area contributed by atoms with E-state index in [0.29, 0.717) is 49.6 Å². The Morgan fingerprint density at radius 1 is 0.871 bits per heavy atom. The van der Waals surface area contributed by atoms with Gasteiger partial charge in [0.1, 0.15) is 0 Å². The van der Waals surface area contributed by atoms with E-state index >= 15 is 0 Å². The first-order valence-electron chi connectivity index (χ1n) is 12.2. The third-order valence-corrected chi connectivity index (χ3v) is 9.86. The van der Waals surface area contributed by atoms with E-state index < -0.39 is 10.0 Å². The van der Waals surface area contributed by atoms with Crippen molar-refractivity contribution in [2.24, 2.45) is 5.92 Å². The molecule has 0 radical (unpaired) electrons. The summed E-state index contributed by atoms with van der Waals surface area (Å²) in [6.45, 7) is 3.48. The van der Waals surface area contributed by atoms with Gasteiger partial charge in [-0.3, -0.25) is 9.69 Å². The molecule has 1 aromatic rings. The first-order valence-corrected chi connectivity index (χ1v) is 13.6. The van der Waals surface area contributed by atoms with Gasteiger partial charge in [0, 0.05) is 38.8 Å². The quantitative estimate of drug-likeness (QED) is 0.715. The fraction of sp³-hybridized carbons (Fsp3) is 0.708. The standard InChI is InChI=1S/C24H35N3O3S/c28-24(27-12-4-8-20-5-1-2-9-23(20)27)18-25-13-15-26(16-14-25)31(29,30)22-11-10-19-6-3-7-21(19)17-22/h10-11,17,20,23H,1-9,12-16,18H2. The van der Waals surface area contributed by atoms with Crippen molar-refractivity contribution in [3.63, 3.8) is 0 Å². The number of sulfonamides is 1. The first-order chi connectivity index (χ1) is 15.0. The van der Waals surface area contributed by atoms with Gasteiger partial charge in [0.25, 0.3) is 0 Å². The van der Waals surface area contributed by atoms with Crippen LogP contribution in [0.15, 0.2) is 23.1 Å². The van der Waals surface area contributed by atoms with Crippen LogP contribution in [0.1, 0.15) is 56.1 Å². The van der Waals surface area contributed by atoms with E-state index in [1.54, 1.807) is 10.4 Å². The lowest BCUT2D eigenvalue weighted by Gasteiger charge is -2.45. The molecule has 2 saturated heterocycles. The summed E-state index contributed by atoms with van der Waals surface area (Å²) in [6, 6.07) is 6.08. The van der Waals surface area contributed by atoms with Gasteiger partial charge in [-0.15, -0.1) is 0 Å². The highest BCUT2D eigenvalue weighted by Gasteiger charge is 2.37. The topological polar surface area (TPSA) is 60.9 Å². The van der Waals surface area contributed by atoms with Crippen LogP contribution in [0, 0.1) is 5.92 Å². The van der Waals surface area contributed by atoms with Crippen LogP contribution in [0.3, 0.4) is 0 Å². The van der Waals surface area contributed by atoms with Crippen LogP contribution in [0.2, 0.25) is 0 Å². The molecule has 1 amide bonds. The summed E-state index contributed by atoms with van der Waals surface area (Å²) in [5.74, 6) is 0.937. The summed E-state index contributed by atoms with van der Waals surface area (Å²) in [6.07, 6.45) is 10.5. The molecule has 3 fully saturated rings. The second-order valence-electron chi connectivity index (χ2n) is 9.81. The maximum atomic E-state index is 13.2. The van der Waals surface area contributed by atoms with Crippen LogP contribution >= 0.6 is 0 Å². The smallest absolute Gasteiger partial charge is 0.243 e. The summed E-state index contributed by atoms with van der Waals surface area (Å²) < 4.78 is 27.9. The molecule has 1 saturated carbocycles. The minimum Gasteiger partial charge on any atom is -0.338 e. The molecule has 2 aliphatic heterocycles. The highest BCUT2D eigenvalue weighted by Crippen LogP contribution is 2.35. The minimum absolute atomic E-state index is 0.242. The lowest BCUT2D eigenvalue weighted by Crippen LogP contribution is -2.55. The molecule has 0 bridgehead atoms. The second kappa shape index (κ2) is 8.83. The lowest BCUT2D eigenvalue weighted by molar-refractivity contribution is -0.139. The number of hydrogen-bond acceptors (Lipinski definition) is 4. The Hall–Kier alpha value is -1.44. The highest BCUT2D eigenvalue weighted by atomic mass is 32.2. The lowest BCUT2D eigenvalue weighted by atomic mass is 9.78. The number of carbonyl (C=O) groups is 1. The predicted octanol–water partition coefficient (Wildman–Crippen LogP) is 2.66. The van der Waals surface area contributed by atoms with Crippen molar-refractivity contribution in [3.8, 4) is 0 Å². The average Bonchev–Trinajstić information content (AvgIpc) is 3.27. The number of amides is 1. The molecule has 6 nitrogen and oxygen atoms in total. The molecule has 2 atom stereocenters. The summed E-state index contributed by atoms with van der Waals surface area (Å²) in [4.78, 5) is 17.8. The molecule has 0 aromatic heterocycles. The third-order valence-electron chi connectivity index (χ3n) is 7.96. The van der Waals surface area contributed by atoms with E-state index in [2.05, 4.69) is 9.80 Å². The van der Waals surface area contributed by atoms with Gasteiger partial charge in [-0.25, -0.2) is 8.42 Å². The van der Waals surface area contributed by atoms with Gasteiger partial charge >= 0.3 is 0 Å². The van der Waals surface area contributed by atoms with Gasteiger partial charge in [0.2, 0.25) is 15.9 Å². The molecule has 7 heteroatoms. The van der Waals surface area contributed by atoms with E-state index in [4.69, 9.17) is 0 Å². The number of rotatable bonds is 4. The van der Waals surface area contributed by atoms with E-state index in [9.17, 15) is 13.2 Å². The second-order valence-corrected chi connectivity index (χ2v) is 11.7. The van der Waals surface area contributed by atoms with Crippen LogP contribution in [0.4, 0.5) is 0 Å². The van der Waals surface area contributed by atoms with Crippen molar-refractivity contribution >= 4 is 15.9 Å². The van der Waals surface area contributed by atoms with Crippen molar-refractivity contribution < 1.29 is 13.2 Å². The van der Waals surface area contributed by atoms with E-state index in [1.807, 2.05) is 12.1 Å². The number of aryl methyl sites for hydroxylation is 2. The normalized spacial score (nSPS) is 27.7. The summed E-state index contributed by atoms with van der Waals surface area (Å²) in [7, 11) is -3.46. The Labute approximate surface area is 186 Å². The number of fused-ring (bicyclic) bond motifs is 2. The van der Waals surface area contributed by atoms with Gasteiger partial charge in [-0.2, -0.15) is 4.31 Å². The number of piperazine rings is 1. The summed E-state index contributed by atoms with van der Waals surface area (Å²) in [5, 5.41) is 0. The molecular formula is C24H35N3O3S. The van der Waals surface area contributed by atoms with Gasteiger partial charge in [-0.05, 0) is 74.1 Å². The largest absolute Gasteiger partial charge is 0.338 e. The first kappa shape index (κ1) is 21.4. The Morgan fingerprint density at radius 2 is 1.61 bits per heavy atom. The molecule has 2 heterocycles. The van der Waals surface area contributed by atoms with Crippen molar-refractivity contribution in [1.29, 1.82) is 0 Å². The highest BCUT2D eigenvalue weighted by molar-refractivity contribution is 7.89. The Bertz CT molecular complexity index is 922. The maximum absolute atomic E-state index is 13.2. The molecule has 4 aliphatic rings. The van der Waals surface area contributed by atoms with E-state index in [1.165, 1.54) is 36.8 Å². The molecule has 2 unspecified atom stereocenters. The van der Waals surface area contributed by atoms with Crippen LogP contribution in [-0.2, 0) is 27.7 Å². The average molecular weight is 446 g/mol. The predicted molar refractivity (Wildman–Crippen MR) is 120 cm³/mol. The number of carbonyl (C=O) groups excluding carboxylic acids is 1. The van der Waals surface area contributed by atoms with Crippen molar-refractivity contribution in [3.05, 3.63) is 29.3 Å². The molecule has 2 aliphatic carbocycles. The molecule has 0 spiro atoms. The number of piperidine rings is 1. The van der Waals surface area contributed by atoms with Crippen LogP contribution in [-0.4, -0.2) is 73.7 Å². The van der Waals surface area contributed by atoms with Crippen LogP contribution in [0.25, 0.3) is 0 Å². The SMILES string of the molecule is O=C(CN1CCN(S(=O)(=O)c2ccc3c(c2)CCC3)CC1)N1CCCC2CCCCC21. The zero-order chi connectivity index (χ0) is 21.4. The molecular weight excluding hydrogens is 410 g/mol. The number of benzene rings is 1. The van der Waals surface area contributed by atoms with Gasteiger partial charge in [0.15, 0.2) is 0 Å². The van der Waals surface area contributed by atoms with Gasteiger partial charge in [0.05, 0.1) is 11.4 Å².